The fourth-order valence-corrected chi connectivity index (χ4v) is 3.44. The molecule has 7 heteroatoms. The highest BCUT2D eigenvalue weighted by molar-refractivity contribution is 7.13. The molecule has 0 saturated carbocycles. The van der Waals surface area contributed by atoms with E-state index < -0.39 is 12.0 Å². The number of anilines is 1. The lowest BCUT2D eigenvalue weighted by atomic mass is 9.84. The van der Waals surface area contributed by atoms with Gasteiger partial charge in [0.2, 0.25) is 11.8 Å². The van der Waals surface area contributed by atoms with Crippen molar-refractivity contribution in [2.45, 2.75) is 18.9 Å². The number of carbonyl (C=O) groups is 2. The van der Waals surface area contributed by atoms with E-state index in [9.17, 15) is 14.0 Å². The molecule has 1 aliphatic heterocycles. The van der Waals surface area contributed by atoms with Crippen LogP contribution in [0, 0.1) is 11.7 Å². The minimum Gasteiger partial charge on any atom is -0.338 e. The molecule has 2 atom stereocenters. The molecule has 1 aromatic carbocycles. The van der Waals surface area contributed by atoms with Crippen molar-refractivity contribution < 1.29 is 14.0 Å². The first-order valence-corrected chi connectivity index (χ1v) is 8.15. The van der Waals surface area contributed by atoms with Gasteiger partial charge in [0, 0.05) is 25.0 Å². The van der Waals surface area contributed by atoms with Crippen LogP contribution in [0.25, 0.3) is 0 Å². The van der Waals surface area contributed by atoms with Gasteiger partial charge in [-0.2, -0.15) is 0 Å². The molecular weight excluding hydrogens is 317 g/mol. The van der Waals surface area contributed by atoms with E-state index in [0.29, 0.717) is 18.0 Å². The SMILES string of the molecule is CN1C(=O)CCC(C(=O)Nc2nccs2)C1c1ccc(F)cc1. The Kier molecular flexibility index (Phi) is 4.38. The summed E-state index contributed by atoms with van der Waals surface area (Å²) >= 11 is 1.34. The summed E-state index contributed by atoms with van der Waals surface area (Å²) < 4.78 is 13.2. The summed E-state index contributed by atoms with van der Waals surface area (Å²) in [6.45, 7) is 0. The Morgan fingerprint density at radius 1 is 1.39 bits per heavy atom. The average Bonchev–Trinajstić information content (AvgIpc) is 3.04. The number of piperidine rings is 1. The smallest absolute Gasteiger partial charge is 0.231 e. The lowest BCUT2D eigenvalue weighted by molar-refractivity contribution is -0.140. The minimum atomic E-state index is -0.406. The van der Waals surface area contributed by atoms with Crippen molar-refractivity contribution in [3.63, 3.8) is 0 Å². The number of likely N-dealkylation sites (tertiary alicyclic amines) is 1. The predicted octanol–water partition coefficient (Wildman–Crippen LogP) is 2.83. The zero-order valence-electron chi connectivity index (χ0n) is 12.5. The van der Waals surface area contributed by atoms with Crippen molar-refractivity contribution in [2.75, 3.05) is 12.4 Å². The summed E-state index contributed by atoms with van der Waals surface area (Å²) in [5.74, 6) is -0.930. The van der Waals surface area contributed by atoms with Crippen LogP contribution < -0.4 is 5.32 Å². The molecule has 2 heterocycles. The maximum absolute atomic E-state index is 13.2. The normalized spacial score (nSPS) is 21.3. The summed E-state index contributed by atoms with van der Waals surface area (Å²) in [6.07, 6.45) is 2.40. The first-order valence-electron chi connectivity index (χ1n) is 7.28. The molecule has 0 spiro atoms. The van der Waals surface area contributed by atoms with Crippen molar-refractivity contribution in [1.82, 2.24) is 9.88 Å². The van der Waals surface area contributed by atoms with Gasteiger partial charge in [0.1, 0.15) is 5.82 Å². The highest BCUT2D eigenvalue weighted by atomic mass is 32.1. The molecule has 1 aliphatic rings. The molecule has 0 bridgehead atoms. The number of benzene rings is 1. The van der Waals surface area contributed by atoms with Crippen molar-refractivity contribution in [2.24, 2.45) is 5.92 Å². The standard InChI is InChI=1S/C16H16FN3O2S/c1-20-13(21)7-6-12(15(22)19-16-18-8-9-23-16)14(20)10-2-4-11(17)5-3-10/h2-5,8-9,12,14H,6-7H2,1H3,(H,18,19,22). The van der Waals surface area contributed by atoms with Gasteiger partial charge in [-0.15, -0.1) is 11.3 Å². The quantitative estimate of drug-likeness (QED) is 0.939. The van der Waals surface area contributed by atoms with Gasteiger partial charge in [-0.3, -0.25) is 9.59 Å². The fourth-order valence-electron chi connectivity index (χ4n) is 2.91. The Hall–Kier alpha value is -2.28. The molecule has 1 fully saturated rings. The summed E-state index contributed by atoms with van der Waals surface area (Å²) in [5.41, 5.74) is 0.751. The van der Waals surface area contributed by atoms with Gasteiger partial charge in [-0.05, 0) is 24.1 Å². The average molecular weight is 333 g/mol. The van der Waals surface area contributed by atoms with E-state index in [1.54, 1.807) is 35.7 Å². The molecule has 1 aromatic heterocycles. The highest BCUT2D eigenvalue weighted by Gasteiger charge is 2.39. The zero-order chi connectivity index (χ0) is 16.4. The van der Waals surface area contributed by atoms with Crippen LogP contribution in [0.2, 0.25) is 0 Å². The number of nitrogens with one attached hydrogen (secondary N) is 1. The Morgan fingerprint density at radius 2 is 2.13 bits per heavy atom. The second-order valence-corrected chi connectivity index (χ2v) is 6.37. The van der Waals surface area contributed by atoms with Crippen molar-refractivity contribution in [3.05, 3.63) is 47.2 Å². The largest absolute Gasteiger partial charge is 0.338 e. The van der Waals surface area contributed by atoms with E-state index in [4.69, 9.17) is 0 Å². The second kappa shape index (κ2) is 6.45. The van der Waals surface area contributed by atoms with Crippen LogP contribution in [0.3, 0.4) is 0 Å². The zero-order valence-corrected chi connectivity index (χ0v) is 13.3. The predicted molar refractivity (Wildman–Crippen MR) is 85.4 cm³/mol. The molecule has 120 valence electrons. The van der Waals surface area contributed by atoms with Gasteiger partial charge in [-0.25, -0.2) is 9.37 Å². The van der Waals surface area contributed by atoms with Gasteiger partial charge in [0.25, 0.3) is 0 Å². The Bertz CT molecular complexity index is 703. The first-order chi connectivity index (χ1) is 11.1. The second-order valence-electron chi connectivity index (χ2n) is 5.47. The number of rotatable bonds is 3. The maximum Gasteiger partial charge on any atom is 0.231 e. The third-order valence-electron chi connectivity index (χ3n) is 4.07. The topological polar surface area (TPSA) is 62.3 Å². The number of halogens is 1. The van der Waals surface area contributed by atoms with Gasteiger partial charge < -0.3 is 10.2 Å². The minimum absolute atomic E-state index is 0.0161. The van der Waals surface area contributed by atoms with Crippen LogP contribution in [-0.4, -0.2) is 28.7 Å². The number of aromatic nitrogens is 1. The number of carbonyl (C=O) groups excluding carboxylic acids is 2. The van der Waals surface area contributed by atoms with E-state index in [1.807, 2.05) is 0 Å². The summed E-state index contributed by atoms with van der Waals surface area (Å²) in [6, 6.07) is 5.53. The van der Waals surface area contributed by atoms with Gasteiger partial charge in [0.05, 0.1) is 12.0 Å². The molecule has 23 heavy (non-hydrogen) atoms. The molecule has 3 rings (SSSR count). The number of amides is 2. The van der Waals surface area contributed by atoms with Crippen LogP contribution in [0.4, 0.5) is 9.52 Å². The number of hydrogen-bond donors (Lipinski definition) is 1. The maximum atomic E-state index is 13.2. The number of thiazole rings is 1. The first kappa shape index (κ1) is 15.6. The van der Waals surface area contributed by atoms with Gasteiger partial charge >= 0.3 is 0 Å². The van der Waals surface area contributed by atoms with Crippen molar-refractivity contribution in [1.29, 1.82) is 0 Å². The summed E-state index contributed by atoms with van der Waals surface area (Å²) in [5, 5.41) is 5.11. The van der Waals surface area contributed by atoms with Crippen LogP contribution in [0.5, 0.6) is 0 Å². The molecule has 2 amide bonds. The van der Waals surface area contributed by atoms with E-state index in [-0.39, 0.29) is 17.6 Å². The Balaban J connectivity index is 1.88. The Labute approximate surface area is 137 Å². The van der Waals surface area contributed by atoms with E-state index in [1.165, 1.54) is 23.5 Å². The molecule has 2 unspecified atom stereocenters. The lowest BCUT2D eigenvalue weighted by Crippen LogP contribution is -2.44. The van der Waals surface area contributed by atoms with E-state index in [0.717, 1.165) is 5.56 Å². The summed E-state index contributed by atoms with van der Waals surface area (Å²) in [4.78, 5) is 30.3. The number of nitrogens with zero attached hydrogens (tertiary/aromatic N) is 2. The van der Waals surface area contributed by atoms with E-state index >= 15 is 0 Å². The van der Waals surface area contributed by atoms with Crippen molar-refractivity contribution >= 4 is 28.3 Å². The molecule has 2 aromatic rings. The molecule has 5 nitrogen and oxygen atoms in total. The van der Waals surface area contributed by atoms with Crippen LogP contribution in [-0.2, 0) is 9.59 Å². The fraction of sp³-hybridized carbons (Fsp3) is 0.312. The molecule has 1 saturated heterocycles. The molecule has 1 N–H and O–H groups in total. The lowest BCUT2D eigenvalue weighted by Gasteiger charge is -2.38. The summed E-state index contributed by atoms with van der Waals surface area (Å²) in [7, 11) is 1.68. The highest BCUT2D eigenvalue weighted by Crippen LogP contribution is 2.36. The third-order valence-corrected chi connectivity index (χ3v) is 4.76. The molecular formula is C16H16FN3O2S. The Morgan fingerprint density at radius 3 is 2.78 bits per heavy atom. The molecule has 0 aliphatic carbocycles. The molecule has 0 radical (unpaired) electrons. The van der Waals surface area contributed by atoms with E-state index in [2.05, 4.69) is 10.3 Å². The number of hydrogen-bond acceptors (Lipinski definition) is 4. The van der Waals surface area contributed by atoms with Crippen LogP contribution >= 0.6 is 11.3 Å². The van der Waals surface area contributed by atoms with Gasteiger partial charge in [0.15, 0.2) is 5.13 Å². The van der Waals surface area contributed by atoms with Crippen LogP contribution in [0.1, 0.15) is 24.4 Å². The third kappa shape index (κ3) is 3.24. The van der Waals surface area contributed by atoms with Crippen molar-refractivity contribution in [3.8, 4) is 0 Å². The van der Waals surface area contributed by atoms with Crippen LogP contribution in [0.15, 0.2) is 35.8 Å². The monoisotopic (exact) mass is 333 g/mol. The van der Waals surface area contributed by atoms with Gasteiger partial charge in [-0.1, -0.05) is 12.1 Å².